The predicted octanol–water partition coefficient (Wildman–Crippen LogP) is 0.729. The van der Waals surface area contributed by atoms with Crippen molar-refractivity contribution < 1.29 is 19.4 Å². The fourth-order valence-electron chi connectivity index (χ4n) is 2.83. The highest BCUT2D eigenvalue weighted by Crippen LogP contribution is 2.35. The first-order valence-electron chi connectivity index (χ1n) is 6.20. The molecule has 2 aliphatic heterocycles. The number of hydrogen-bond acceptors (Lipinski definition) is 4. The van der Waals surface area contributed by atoms with E-state index < -0.39 is 12.0 Å². The van der Waals surface area contributed by atoms with Crippen LogP contribution in [0.1, 0.15) is 26.2 Å². The number of likely N-dealkylation sites (tertiary alicyclic amines) is 1. The van der Waals surface area contributed by atoms with E-state index in [1.165, 1.54) is 0 Å². The summed E-state index contributed by atoms with van der Waals surface area (Å²) in [5.41, 5.74) is -0.178. The molecule has 3 unspecified atom stereocenters. The molecule has 2 saturated heterocycles. The Labute approximate surface area is 102 Å². The second kappa shape index (κ2) is 4.92. The van der Waals surface area contributed by atoms with Crippen LogP contribution in [0.2, 0.25) is 0 Å². The molecule has 0 saturated carbocycles. The van der Waals surface area contributed by atoms with E-state index in [1.807, 2.05) is 4.90 Å². The lowest BCUT2D eigenvalue weighted by Crippen LogP contribution is -2.46. The molecule has 1 spiro atoms. The molecule has 0 aromatic rings. The van der Waals surface area contributed by atoms with Gasteiger partial charge in [0, 0.05) is 33.2 Å². The van der Waals surface area contributed by atoms with E-state index in [1.54, 1.807) is 14.0 Å². The Kier molecular flexibility index (Phi) is 3.70. The van der Waals surface area contributed by atoms with Crippen molar-refractivity contribution in [3.05, 3.63) is 0 Å². The Morgan fingerprint density at radius 2 is 2.41 bits per heavy atom. The Morgan fingerprint density at radius 3 is 3.06 bits per heavy atom. The Morgan fingerprint density at radius 1 is 1.65 bits per heavy atom. The number of nitrogens with zero attached hydrogens (tertiary/aromatic N) is 1. The molecule has 0 aromatic carbocycles. The number of ether oxygens (including phenoxy) is 2. The monoisotopic (exact) mass is 243 g/mol. The zero-order valence-electron chi connectivity index (χ0n) is 10.5. The maximum absolute atomic E-state index is 11.0. The summed E-state index contributed by atoms with van der Waals surface area (Å²) in [5, 5.41) is 9.02. The molecule has 2 rings (SSSR count). The van der Waals surface area contributed by atoms with Crippen molar-refractivity contribution in [3.63, 3.8) is 0 Å². The van der Waals surface area contributed by atoms with Gasteiger partial charge in [-0.2, -0.15) is 0 Å². The molecule has 0 amide bonds. The van der Waals surface area contributed by atoms with Crippen LogP contribution in [0.15, 0.2) is 0 Å². The second-order valence-corrected chi connectivity index (χ2v) is 5.12. The molecular weight excluding hydrogens is 222 g/mol. The highest BCUT2D eigenvalue weighted by atomic mass is 16.5. The van der Waals surface area contributed by atoms with Crippen LogP contribution in [0.5, 0.6) is 0 Å². The van der Waals surface area contributed by atoms with Crippen LogP contribution in [-0.4, -0.2) is 60.5 Å². The molecular formula is C12H21NO4. The van der Waals surface area contributed by atoms with Crippen molar-refractivity contribution >= 4 is 5.97 Å². The number of carboxylic acids is 1. The molecule has 2 fully saturated rings. The van der Waals surface area contributed by atoms with Crippen LogP contribution < -0.4 is 0 Å². The van der Waals surface area contributed by atoms with Gasteiger partial charge in [-0.25, -0.2) is 0 Å². The Balaban J connectivity index is 1.98. The zero-order chi connectivity index (χ0) is 12.5. The summed E-state index contributed by atoms with van der Waals surface area (Å²) < 4.78 is 11.3. The lowest BCUT2D eigenvalue weighted by Gasteiger charge is -2.38. The minimum atomic E-state index is -0.763. The highest BCUT2D eigenvalue weighted by Gasteiger charge is 2.45. The molecule has 2 heterocycles. The van der Waals surface area contributed by atoms with Gasteiger partial charge in [0.15, 0.2) is 0 Å². The third-order valence-corrected chi connectivity index (χ3v) is 4.03. The number of carbonyl (C=O) groups is 1. The van der Waals surface area contributed by atoms with Crippen molar-refractivity contribution in [1.29, 1.82) is 0 Å². The van der Waals surface area contributed by atoms with Gasteiger partial charge in [0.25, 0.3) is 0 Å². The number of rotatable bonds is 3. The lowest BCUT2D eigenvalue weighted by molar-refractivity contribution is -0.144. The first kappa shape index (κ1) is 12.8. The van der Waals surface area contributed by atoms with Crippen LogP contribution >= 0.6 is 0 Å². The van der Waals surface area contributed by atoms with Gasteiger partial charge in [-0.15, -0.1) is 0 Å². The average molecular weight is 243 g/mol. The van der Waals surface area contributed by atoms with Crippen LogP contribution in [0, 0.1) is 0 Å². The van der Waals surface area contributed by atoms with E-state index in [0.717, 1.165) is 25.8 Å². The van der Waals surface area contributed by atoms with Gasteiger partial charge >= 0.3 is 5.97 Å². The molecule has 0 aromatic heterocycles. The van der Waals surface area contributed by atoms with Crippen molar-refractivity contribution in [2.45, 2.75) is 43.9 Å². The molecule has 5 nitrogen and oxygen atoms in total. The first-order chi connectivity index (χ1) is 8.06. The number of hydrogen-bond donors (Lipinski definition) is 1. The minimum absolute atomic E-state index is 0.178. The summed E-state index contributed by atoms with van der Waals surface area (Å²) in [7, 11) is 1.73. The quantitative estimate of drug-likeness (QED) is 0.792. The summed E-state index contributed by atoms with van der Waals surface area (Å²) in [5.74, 6) is -0.763. The SMILES string of the molecule is COC1CCOC2(CCN(C(C)C(=O)O)C2)C1. The molecule has 2 aliphatic rings. The highest BCUT2D eigenvalue weighted by molar-refractivity contribution is 5.72. The van der Waals surface area contributed by atoms with Crippen molar-refractivity contribution in [3.8, 4) is 0 Å². The lowest BCUT2D eigenvalue weighted by atomic mass is 9.91. The van der Waals surface area contributed by atoms with Crippen LogP contribution in [0.4, 0.5) is 0 Å². The van der Waals surface area contributed by atoms with Crippen LogP contribution in [-0.2, 0) is 14.3 Å². The third-order valence-electron chi connectivity index (χ3n) is 4.03. The summed E-state index contributed by atoms with van der Waals surface area (Å²) in [6.07, 6.45) is 2.98. The molecule has 0 bridgehead atoms. The van der Waals surface area contributed by atoms with Crippen LogP contribution in [0.3, 0.4) is 0 Å². The summed E-state index contributed by atoms with van der Waals surface area (Å²) in [6, 6.07) is -0.430. The second-order valence-electron chi connectivity index (χ2n) is 5.12. The van der Waals surface area contributed by atoms with E-state index in [-0.39, 0.29) is 11.7 Å². The Bertz CT molecular complexity index is 296. The summed E-state index contributed by atoms with van der Waals surface area (Å²) in [4.78, 5) is 13.0. The van der Waals surface area contributed by atoms with E-state index in [9.17, 15) is 4.79 Å². The third kappa shape index (κ3) is 2.61. The van der Waals surface area contributed by atoms with E-state index >= 15 is 0 Å². The smallest absolute Gasteiger partial charge is 0.320 e. The van der Waals surface area contributed by atoms with Gasteiger partial charge in [-0.1, -0.05) is 0 Å². The zero-order valence-corrected chi connectivity index (χ0v) is 10.5. The average Bonchev–Trinajstić information content (AvgIpc) is 2.71. The summed E-state index contributed by atoms with van der Waals surface area (Å²) in [6.45, 7) is 3.95. The molecule has 1 N–H and O–H groups in total. The van der Waals surface area contributed by atoms with Gasteiger partial charge in [-0.05, 0) is 19.8 Å². The topological polar surface area (TPSA) is 59.0 Å². The largest absolute Gasteiger partial charge is 0.480 e. The van der Waals surface area contributed by atoms with Gasteiger partial charge in [0.1, 0.15) is 6.04 Å². The van der Waals surface area contributed by atoms with Gasteiger partial charge in [0.05, 0.1) is 11.7 Å². The van der Waals surface area contributed by atoms with Gasteiger partial charge in [0.2, 0.25) is 0 Å². The molecule has 5 heteroatoms. The molecule has 0 aliphatic carbocycles. The maximum Gasteiger partial charge on any atom is 0.320 e. The minimum Gasteiger partial charge on any atom is -0.480 e. The van der Waals surface area contributed by atoms with Gasteiger partial charge in [-0.3, -0.25) is 9.69 Å². The van der Waals surface area contributed by atoms with Crippen LogP contribution in [0.25, 0.3) is 0 Å². The summed E-state index contributed by atoms with van der Waals surface area (Å²) >= 11 is 0. The standard InChI is InChI=1S/C12H21NO4/c1-9(11(14)15)13-5-4-12(8-13)7-10(16-2)3-6-17-12/h9-10H,3-8H2,1-2H3,(H,14,15). The molecule has 17 heavy (non-hydrogen) atoms. The fourth-order valence-corrected chi connectivity index (χ4v) is 2.83. The number of aliphatic carboxylic acids is 1. The number of methoxy groups -OCH3 is 1. The Hall–Kier alpha value is -0.650. The maximum atomic E-state index is 11.0. The first-order valence-corrected chi connectivity index (χ1v) is 6.20. The normalized spacial score (nSPS) is 36.2. The molecule has 98 valence electrons. The predicted molar refractivity (Wildman–Crippen MR) is 62.0 cm³/mol. The number of carboxylic acid groups (broad SMARTS) is 1. The fraction of sp³-hybridized carbons (Fsp3) is 0.917. The van der Waals surface area contributed by atoms with Crippen molar-refractivity contribution in [1.82, 2.24) is 4.90 Å². The van der Waals surface area contributed by atoms with Gasteiger partial charge < -0.3 is 14.6 Å². The van der Waals surface area contributed by atoms with Crippen molar-refractivity contribution in [2.75, 3.05) is 26.8 Å². The van der Waals surface area contributed by atoms with E-state index in [2.05, 4.69) is 0 Å². The van der Waals surface area contributed by atoms with Crippen molar-refractivity contribution in [2.24, 2.45) is 0 Å². The molecule has 3 atom stereocenters. The van der Waals surface area contributed by atoms with E-state index in [4.69, 9.17) is 14.6 Å². The van der Waals surface area contributed by atoms with E-state index in [0.29, 0.717) is 13.2 Å². The molecule has 0 radical (unpaired) electrons.